The van der Waals surface area contributed by atoms with Gasteiger partial charge in [-0.15, -0.1) is 0 Å². The van der Waals surface area contributed by atoms with Gasteiger partial charge in [-0.3, -0.25) is 0 Å². The van der Waals surface area contributed by atoms with Crippen LogP contribution in [-0.2, 0) is 10.1 Å². The van der Waals surface area contributed by atoms with Crippen molar-refractivity contribution in [3.8, 4) is 0 Å². The van der Waals surface area contributed by atoms with Gasteiger partial charge in [0.2, 0.25) is 0 Å². The van der Waals surface area contributed by atoms with Gasteiger partial charge >= 0.3 is 17.1 Å². The molecule has 1 unspecified atom stereocenters. The van der Waals surface area contributed by atoms with Crippen LogP contribution in [0.25, 0.3) is 0 Å². The molecule has 0 heterocycles. The fourth-order valence-electron chi connectivity index (χ4n) is 3.76. The number of quaternary nitrogens is 1. The van der Waals surface area contributed by atoms with Crippen molar-refractivity contribution >= 4 is 10.1 Å². The van der Waals surface area contributed by atoms with Crippen molar-refractivity contribution in [2.45, 2.75) is 129 Å². The lowest BCUT2D eigenvalue weighted by atomic mass is 10.0. The molecule has 220 valence electrons. The standard InChI is InChI=1S/C16H36N.C8H11F7O3S/c1-5-9-13-17(14-10-6-2,15-11-7-3)16-12-8-4;1-2-3-4-5(9)6(10,11)7(12,13)8(14,15)19(16,17)18/h5-16H2,1-4H3;5H,2-4H2,1H3,(H,16,17,18)/q+1;/p-1. The van der Waals surface area contributed by atoms with E-state index in [0.29, 0.717) is 0 Å². The SMILES string of the molecule is CCCCC(F)C(F)(F)C(F)(F)C(F)(F)S(=O)(=O)[O-].CCCC[N+](CCCC)(CCCC)CCCC. The Morgan fingerprint density at radius 3 is 1.22 bits per heavy atom. The zero-order chi connectivity index (χ0) is 28.7. The maximum atomic E-state index is 12.9. The summed E-state index contributed by atoms with van der Waals surface area (Å²) in [4.78, 5) is 0. The summed E-state index contributed by atoms with van der Waals surface area (Å²) < 4.78 is 121. The van der Waals surface area contributed by atoms with Crippen molar-refractivity contribution in [3.63, 3.8) is 0 Å². The third-order valence-electron chi connectivity index (χ3n) is 6.25. The Balaban J connectivity index is 0. The molecule has 0 aliphatic rings. The molecular formula is C24H46F7NO3S. The minimum Gasteiger partial charge on any atom is -0.743 e. The summed E-state index contributed by atoms with van der Waals surface area (Å²) in [6, 6.07) is 0. The quantitative estimate of drug-likeness (QED) is 0.0914. The van der Waals surface area contributed by atoms with Gasteiger partial charge in [-0.05, 0) is 32.1 Å². The maximum Gasteiger partial charge on any atom is 0.402 e. The zero-order valence-corrected chi connectivity index (χ0v) is 23.2. The predicted octanol–water partition coefficient (Wildman–Crippen LogP) is 7.93. The first kappa shape index (κ1) is 37.5. The van der Waals surface area contributed by atoms with Crippen LogP contribution in [0.2, 0.25) is 0 Å². The number of rotatable bonds is 19. The molecule has 1 atom stereocenters. The van der Waals surface area contributed by atoms with E-state index in [1.54, 1.807) is 0 Å². The Bertz CT molecular complexity index is 639. The van der Waals surface area contributed by atoms with Crippen LogP contribution in [-0.4, -0.2) is 66.9 Å². The third-order valence-corrected chi connectivity index (χ3v) is 7.13. The third kappa shape index (κ3) is 11.0. The molecule has 36 heavy (non-hydrogen) atoms. The van der Waals surface area contributed by atoms with Crippen LogP contribution in [0, 0.1) is 0 Å². The number of unbranched alkanes of at least 4 members (excludes halogenated alkanes) is 5. The Hall–Kier alpha value is -0.620. The van der Waals surface area contributed by atoms with E-state index in [1.807, 2.05) is 0 Å². The molecule has 0 amide bonds. The number of alkyl halides is 7. The number of hydrogen-bond acceptors (Lipinski definition) is 3. The van der Waals surface area contributed by atoms with Crippen molar-refractivity contribution in [1.29, 1.82) is 0 Å². The molecule has 0 aliphatic carbocycles. The van der Waals surface area contributed by atoms with Crippen LogP contribution in [0.3, 0.4) is 0 Å². The molecule has 0 bridgehead atoms. The van der Waals surface area contributed by atoms with E-state index in [2.05, 4.69) is 27.7 Å². The van der Waals surface area contributed by atoms with Gasteiger partial charge in [-0.25, -0.2) is 12.8 Å². The van der Waals surface area contributed by atoms with E-state index in [1.165, 1.54) is 89.0 Å². The number of halogens is 7. The highest BCUT2D eigenvalue weighted by Gasteiger charge is 2.77. The van der Waals surface area contributed by atoms with Gasteiger partial charge in [0, 0.05) is 0 Å². The highest BCUT2D eigenvalue weighted by atomic mass is 32.2. The highest BCUT2D eigenvalue weighted by molar-refractivity contribution is 7.86. The first-order valence-corrected chi connectivity index (χ1v) is 14.5. The van der Waals surface area contributed by atoms with E-state index in [4.69, 9.17) is 0 Å². The summed E-state index contributed by atoms with van der Waals surface area (Å²) in [6.07, 6.45) is 6.01. The lowest BCUT2D eigenvalue weighted by Crippen LogP contribution is -2.61. The summed E-state index contributed by atoms with van der Waals surface area (Å²) in [5, 5.41) is -6.61. The Kier molecular flexibility index (Phi) is 17.8. The fraction of sp³-hybridized carbons (Fsp3) is 1.00. The van der Waals surface area contributed by atoms with Crippen molar-refractivity contribution < 1.29 is 48.2 Å². The monoisotopic (exact) mass is 561 g/mol. The second-order valence-corrected chi connectivity index (χ2v) is 10.8. The van der Waals surface area contributed by atoms with E-state index >= 15 is 0 Å². The van der Waals surface area contributed by atoms with Crippen LogP contribution >= 0.6 is 0 Å². The van der Waals surface area contributed by atoms with E-state index in [9.17, 15) is 43.7 Å². The number of hydrogen-bond donors (Lipinski definition) is 0. The van der Waals surface area contributed by atoms with Crippen molar-refractivity contribution in [2.24, 2.45) is 0 Å². The summed E-state index contributed by atoms with van der Waals surface area (Å²) >= 11 is 0. The van der Waals surface area contributed by atoms with Gasteiger partial charge in [0.15, 0.2) is 16.3 Å². The zero-order valence-electron chi connectivity index (χ0n) is 22.4. The molecule has 12 heteroatoms. The molecule has 0 fully saturated rings. The lowest BCUT2D eigenvalue weighted by Gasteiger charge is -2.39. The summed E-state index contributed by atoms with van der Waals surface area (Å²) in [6.45, 7) is 16.4. The summed E-state index contributed by atoms with van der Waals surface area (Å²) in [5.41, 5.74) is 0. The van der Waals surface area contributed by atoms with Gasteiger partial charge < -0.3 is 9.04 Å². The van der Waals surface area contributed by atoms with Crippen LogP contribution in [0.1, 0.15) is 105 Å². The smallest absolute Gasteiger partial charge is 0.402 e. The second kappa shape index (κ2) is 17.1. The second-order valence-electron chi connectivity index (χ2n) is 9.43. The molecule has 0 aromatic heterocycles. The van der Waals surface area contributed by atoms with Crippen LogP contribution < -0.4 is 0 Å². The first-order chi connectivity index (χ1) is 16.5. The molecule has 0 saturated carbocycles. The molecule has 0 aromatic carbocycles. The Morgan fingerprint density at radius 2 is 0.972 bits per heavy atom. The first-order valence-electron chi connectivity index (χ1n) is 13.1. The van der Waals surface area contributed by atoms with Crippen molar-refractivity contribution in [1.82, 2.24) is 0 Å². The number of nitrogens with zero attached hydrogens (tertiary/aromatic N) is 1. The van der Waals surface area contributed by atoms with Crippen LogP contribution in [0.5, 0.6) is 0 Å². The van der Waals surface area contributed by atoms with Gasteiger partial charge in [0.05, 0.1) is 26.2 Å². The van der Waals surface area contributed by atoms with Gasteiger partial charge in [-0.2, -0.15) is 26.3 Å². The highest BCUT2D eigenvalue weighted by Crippen LogP contribution is 2.50. The minimum atomic E-state index is -7.08. The van der Waals surface area contributed by atoms with E-state index < -0.39 is 39.8 Å². The van der Waals surface area contributed by atoms with Gasteiger partial charge in [0.25, 0.3) is 0 Å². The van der Waals surface area contributed by atoms with Gasteiger partial charge in [0.1, 0.15) is 0 Å². The normalized spacial score (nSPS) is 14.4. The Morgan fingerprint density at radius 1 is 0.667 bits per heavy atom. The molecule has 0 radical (unpaired) electrons. The van der Waals surface area contributed by atoms with E-state index in [0.717, 1.165) is 0 Å². The summed E-state index contributed by atoms with van der Waals surface area (Å²) in [5.74, 6) is -12.6. The van der Waals surface area contributed by atoms with Crippen molar-refractivity contribution in [2.75, 3.05) is 26.2 Å². The molecule has 0 N–H and O–H groups in total. The Labute approximate surface area is 213 Å². The summed E-state index contributed by atoms with van der Waals surface area (Å²) in [7, 11) is -7.08. The minimum absolute atomic E-state index is 0.123. The average Bonchev–Trinajstić information content (AvgIpc) is 2.80. The lowest BCUT2D eigenvalue weighted by molar-refractivity contribution is -0.929. The molecule has 0 aromatic rings. The fourth-order valence-corrected chi connectivity index (χ4v) is 4.21. The van der Waals surface area contributed by atoms with Crippen molar-refractivity contribution in [3.05, 3.63) is 0 Å². The molecule has 4 nitrogen and oxygen atoms in total. The maximum absolute atomic E-state index is 12.9. The molecular weight excluding hydrogens is 515 g/mol. The molecule has 0 aliphatic heterocycles. The molecule has 0 rings (SSSR count). The van der Waals surface area contributed by atoms with Crippen LogP contribution in [0.4, 0.5) is 30.7 Å². The molecule has 0 spiro atoms. The molecule has 0 saturated heterocycles. The van der Waals surface area contributed by atoms with E-state index in [-0.39, 0.29) is 12.8 Å². The predicted molar refractivity (Wildman–Crippen MR) is 128 cm³/mol. The van der Waals surface area contributed by atoms with Gasteiger partial charge in [-0.1, -0.05) is 73.1 Å². The average molecular weight is 562 g/mol. The van der Waals surface area contributed by atoms with Crippen LogP contribution in [0.15, 0.2) is 0 Å². The largest absolute Gasteiger partial charge is 0.743 e. The topological polar surface area (TPSA) is 57.2 Å².